The minimum atomic E-state index is 0.471. The lowest BCUT2D eigenvalue weighted by Gasteiger charge is -2.19. The van der Waals surface area contributed by atoms with Crippen molar-refractivity contribution in [2.75, 3.05) is 6.54 Å². The van der Waals surface area contributed by atoms with Gasteiger partial charge in [-0.15, -0.1) is 0 Å². The summed E-state index contributed by atoms with van der Waals surface area (Å²) in [6.07, 6.45) is 9.88. The summed E-state index contributed by atoms with van der Waals surface area (Å²) >= 11 is 0. The molecule has 0 saturated carbocycles. The van der Waals surface area contributed by atoms with Crippen LogP contribution in [-0.2, 0) is 6.54 Å². The third kappa shape index (κ3) is 4.81. The van der Waals surface area contributed by atoms with E-state index in [2.05, 4.69) is 41.9 Å². The smallest absolute Gasteiger partial charge is 0.0553 e. The van der Waals surface area contributed by atoms with Crippen molar-refractivity contribution in [1.29, 1.82) is 0 Å². The van der Waals surface area contributed by atoms with E-state index >= 15 is 0 Å². The highest BCUT2D eigenvalue weighted by atomic mass is 15.3. The SMILES string of the molecule is CCCCCCCC(NCC)c1ccnn1CC. The number of unbranched alkanes of at least 4 members (excludes halogenated alkanes) is 4. The van der Waals surface area contributed by atoms with Crippen molar-refractivity contribution in [3.8, 4) is 0 Å². The second-order valence-electron chi connectivity index (χ2n) is 4.88. The molecule has 1 heterocycles. The average molecular weight is 251 g/mol. The number of hydrogen-bond acceptors (Lipinski definition) is 2. The first kappa shape index (κ1) is 15.2. The summed E-state index contributed by atoms with van der Waals surface area (Å²) in [5.74, 6) is 0. The van der Waals surface area contributed by atoms with Gasteiger partial charge in [0.05, 0.1) is 5.69 Å². The number of rotatable bonds is 10. The van der Waals surface area contributed by atoms with Crippen LogP contribution in [0.25, 0.3) is 0 Å². The summed E-state index contributed by atoms with van der Waals surface area (Å²) < 4.78 is 2.11. The molecule has 0 aliphatic heterocycles. The molecular weight excluding hydrogens is 222 g/mol. The highest BCUT2D eigenvalue weighted by Crippen LogP contribution is 2.20. The Bertz CT molecular complexity index is 306. The predicted octanol–water partition coefficient (Wildman–Crippen LogP) is 3.91. The molecule has 1 aromatic heterocycles. The fraction of sp³-hybridized carbons (Fsp3) is 0.800. The Kier molecular flexibility index (Phi) is 7.74. The predicted molar refractivity (Wildman–Crippen MR) is 77.7 cm³/mol. The Morgan fingerprint density at radius 3 is 2.61 bits per heavy atom. The largest absolute Gasteiger partial charge is 0.309 e. The lowest BCUT2D eigenvalue weighted by Crippen LogP contribution is -2.23. The first-order valence-corrected chi connectivity index (χ1v) is 7.58. The molecule has 0 amide bonds. The fourth-order valence-corrected chi connectivity index (χ4v) is 2.46. The lowest BCUT2D eigenvalue weighted by molar-refractivity contribution is 0.444. The molecule has 1 rings (SSSR count). The minimum absolute atomic E-state index is 0.471. The molecule has 0 radical (unpaired) electrons. The normalized spacial score (nSPS) is 12.8. The molecule has 1 aromatic rings. The number of aromatic nitrogens is 2. The summed E-state index contributed by atoms with van der Waals surface area (Å²) in [5.41, 5.74) is 1.34. The van der Waals surface area contributed by atoms with Crippen LogP contribution in [0.5, 0.6) is 0 Å². The van der Waals surface area contributed by atoms with E-state index < -0.39 is 0 Å². The van der Waals surface area contributed by atoms with Crippen molar-refractivity contribution in [2.45, 2.75) is 71.9 Å². The number of hydrogen-bond donors (Lipinski definition) is 1. The van der Waals surface area contributed by atoms with E-state index in [1.165, 1.54) is 44.2 Å². The maximum Gasteiger partial charge on any atom is 0.0553 e. The molecule has 104 valence electrons. The molecule has 18 heavy (non-hydrogen) atoms. The zero-order valence-corrected chi connectivity index (χ0v) is 12.3. The second kappa shape index (κ2) is 9.15. The van der Waals surface area contributed by atoms with Crippen LogP contribution in [0.4, 0.5) is 0 Å². The van der Waals surface area contributed by atoms with E-state index in [1.807, 2.05) is 6.20 Å². The molecule has 0 fully saturated rings. The first-order valence-electron chi connectivity index (χ1n) is 7.58. The van der Waals surface area contributed by atoms with E-state index in [-0.39, 0.29) is 0 Å². The Morgan fingerprint density at radius 1 is 1.17 bits per heavy atom. The molecule has 0 spiro atoms. The molecule has 1 unspecified atom stereocenters. The van der Waals surface area contributed by atoms with Crippen LogP contribution in [0, 0.1) is 0 Å². The summed E-state index contributed by atoms with van der Waals surface area (Å²) in [6.45, 7) is 8.58. The van der Waals surface area contributed by atoms with Crippen LogP contribution < -0.4 is 5.32 Å². The van der Waals surface area contributed by atoms with Crippen LogP contribution in [-0.4, -0.2) is 16.3 Å². The Morgan fingerprint density at radius 2 is 1.94 bits per heavy atom. The van der Waals surface area contributed by atoms with E-state index in [0.29, 0.717) is 6.04 Å². The Hall–Kier alpha value is -0.830. The van der Waals surface area contributed by atoms with Crippen molar-refractivity contribution in [3.05, 3.63) is 18.0 Å². The zero-order valence-electron chi connectivity index (χ0n) is 12.3. The van der Waals surface area contributed by atoms with Gasteiger partial charge in [0.1, 0.15) is 0 Å². The molecule has 0 aliphatic rings. The topological polar surface area (TPSA) is 29.9 Å². The van der Waals surface area contributed by atoms with Crippen LogP contribution in [0.1, 0.15) is 71.0 Å². The molecule has 3 nitrogen and oxygen atoms in total. The highest BCUT2D eigenvalue weighted by molar-refractivity contribution is 5.06. The molecule has 0 aliphatic carbocycles. The van der Waals surface area contributed by atoms with Gasteiger partial charge < -0.3 is 5.32 Å². The third-order valence-electron chi connectivity index (χ3n) is 3.45. The van der Waals surface area contributed by atoms with Gasteiger partial charge in [0.15, 0.2) is 0 Å². The molecule has 0 bridgehead atoms. The second-order valence-corrected chi connectivity index (χ2v) is 4.88. The number of aryl methyl sites for hydroxylation is 1. The maximum absolute atomic E-state index is 4.37. The van der Waals surface area contributed by atoms with E-state index in [1.54, 1.807) is 0 Å². The molecular formula is C15H29N3. The standard InChI is InChI=1S/C15H29N3/c1-4-7-8-9-10-11-14(16-5-2)15-12-13-17-18(15)6-3/h12-14,16H,4-11H2,1-3H3. The monoisotopic (exact) mass is 251 g/mol. The minimum Gasteiger partial charge on any atom is -0.309 e. The van der Waals surface area contributed by atoms with E-state index in [9.17, 15) is 0 Å². The molecule has 3 heteroatoms. The average Bonchev–Trinajstić information content (AvgIpc) is 2.85. The number of nitrogens with one attached hydrogen (secondary N) is 1. The molecule has 1 N–H and O–H groups in total. The van der Waals surface area contributed by atoms with E-state index in [0.717, 1.165) is 13.1 Å². The quantitative estimate of drug-likeness (QED) is 0.639. The van der Waals surface area contributed by atoms with Gasteiger partial charge in [0.25, 0.3) is 0 Å². The lowest BCUT2D eigenvalue weighted by atomic mass is 10.0. The van der Waals surface area contributed by atoms with E-state index in [4.69, 9.17) is 0 Å². The van der Waals surface area contributed by atoms with Gasteiger partial charge in [-0.1, -0.05) is 46.0 Å². The van der Waals surface area contributed by atoms with Gasteiger partial charge >= 0.3 is 0 Å². The van der Waals surface area contributed by atoms with Gasteiger partial charge in [0.2, 0.25) is 0 Å². The fourth-order valence-electron chi connectivity index (χ4n) is 2.46. The van der Waals surface area contributed by atoms with Crippen molar-refractivity contribution in [3.63, 3.8) is 0 Å². The van der Waals surface area contributed by atoms with Crippen LogP contribution in [0.15, 0.2) is 12.3 Å². The summed E-state index contributed by atoms with van der Waals surface area (Å²) in [4.78, 5) is 0. The Labute approximate surface area is 112 Å². The van der Waals surface area contributed by atoms with Crippen LogP contribution in [0.2, 0.25) is 0 Å². The Balaban J connectivity index is 2.44. The number of nitrogens with zero attached hydrogens (tertiary/aromatic N) is 2. The van der Waals surface area contributed by atoms with Gasteiger partial charge in [-0.05, 0) is 26.0 Å². The third-order valence-corrected chi connectivity index (χ3v) is 3.45. The van der Waals surface area contributed by atoms with Crippen LogP contribution in [0.3, 0.4) is 0 Å². The zero-order chi connectivity index (χ0) is 13.2. The van der Waals surface area contributed by atoms with Crippen molar-refractivity contribution in [2.24, 2.45) is 0 Å². The summed E-state index contributed by atoms with van der Waals surface area (Å²) in [5, 5.41) is 7.96. The summed E-state index contributed by atoms with van der Waals surface area (Å²) in [6, 6.07) is 2.63. The van der Waals surface area contributed by atoms with Crippen LogP contribution >= 0.6 is 0 Å². The van der Waals surface area contributed by atoms with Crippen molar-refractivity contribution < 1.29 is 0 Å². The maximum atomic E-state index is 4.37. The van der Waals surface area contributed by atoms with Crippen molar-refractivity contribution >= 4 is 0 Å². The molecule has 0 saturated heterocycles. The van der Waals surface area contributed by atoms with Gasteiger partial charge in [0, 0.05) is 18.8 Å². The van der Waals surface area contributed by atoms with Gasteiger partial charge in [-0.2, -0.15) is 5.10 Å². The molecule has 0 aromatic carbocycles. The molecule has 1 atom stereocenters. The van der Waals surface area contributed by atoms with Gasteiger partial charge in [-0.25, -0.2) is 0 Å². The van der Waals surface area contributed by atoms with Gasteiger partial charge in [-0.3, -0.25) is 4.68 Å². The summed E-state index contributed by atoms with van der Waals surface area (Å²) in [7, 11) is 0. The highest BCUT2D eigenvalue weighted by Gasteiger charge is 2.13. The van der Waals surface area contributed by atoms with Crippen molar-refractivity contribution in [1.82, 2.24) is 15.1 Å². The first-order chi connectivity index (χ1) is 8.83.